The van der Waals surface area contributed by atoms with E-state index in [2.05, 4.69) is 0 Å². The van der Waals surface area contributed by atoms with Crippen molar-refractivity contribution in [2.24, 2.45) is 5.73 Å². The van der Waals surface area contributed by atoms with E-state index < -0.39 is 0 Å². The van der Waals surface area contributed by atoms with Gasteiger partial charge in [-0.15, -0.1) is 0 Å². The Hall–Kier alpha value is -1.95. The third-order valence-electron chi connectivity index (χ3n) is 2.98. The van der Waals surface area contributed by atoms with E-state index in [-0.39, 0.29) is 5.91 Å². The smallest absolute Gasteiger partial charge is 0.257 e. The van der Waals surface area contributed by atoms with Crippen LogP contribution in [0.1, 0.15) is 16.8 Å². The number of amides is 1. The summed E-state index contributed by atoms with van der Waals surface area (Å²) in [6, 6.07) is 3.35. The second-order valence-electron chi connectivity index (χ2n) is 4.25. The van der Waals surface area contributed by atoms with E-state index in [9.17, 15) is 4.79 Å². The number of carbonyl (C=O) groups is 1. The molecule has 112 valence electrons. The van der Waals surface area contributed by atoms with Crippen LogP contribution in [0, 0.1) is 0 Å². The van der Waals surface area contributed by atoms with Gasteiger partial charge in [0, 0.05) is 13.6 Å². The normalized spacial score (nSPS) is 10.1. The first-order valence-corrected chi connectivity index (χ1v) is 6.35. The molecular weight excluding hydrogens is 260 g/mol. The summed E-state index contributed by atoms with van der Waals surface area (Å²) in [5.74, 6) is 1.16. The predicted molar refractivity (Wildman–Crippen MR) is 76.7 cm³/mol. The minimum atomic E-state index is -0.142. The SMILES string of the molecule is COc1ccc(C(=O)N(C)CCCN)c(OC)c1OC. The fraction of sp³-hybridized carbons (Fsp3) is 0.500. The molecule has 0 aliphatic rings. The minimum Gasteiger partial charge on any atom is -0.493 e. The molecule has 0 aromatic heterocycles. The monoisotopic (exact) mass is 282 g/mol. The average molecular weight is 282 g/mol. The number of hydrogen-bond donors (Lipinski definition) is 1. The average Bonchev–Trinajstić information content (AvgIpc) is 2.49. The number of rotatable bonds is 7. The molecule has 0 bridgehead atoms. The van der Waals surface area contributed by atoms with Gasteiger partial charge in [-0.2, -0.15) is 0 Å². The molecule has 0 saturated heterocycles. The number of nitrogens with zero attached hydrogens (tertiary/aromatic N) is 1. The quantitative estimate of drug-likeness (QED) is 0.811. The Kier molecular flexibility index (Phi) is 6.11. The van der Waals surface area contributed by atoms with Crippen LogP contribution in [-0.4, -0.2) is 52.3 Å². The molecule has 0 fully saturated rings. The largest absolute Gasteiger partial charge is 0.493 e. The molecule has 0 radical (unpaired) electrons. The van der Waals surface area contributed by atoms with E-state index in [1.54, 1.807) is 24.1 Å². The lowest BCUT2D eigenvalue weighted by molar-refractivity contribution is 0.0790. The summed E-state index contributed by atoms with van der Waals surface area (Å²) in [5.41, 5.74) is 5.89. The van der Waals surface area contributed by atoms with Crippen LogP contribution in [-0.2, 0) is 0 Å². The molecular formula is C14H22N2O4. The standard InChI is InChI=1S/C14H22N2O4/c1-16(9-5-8-15)14(17)10-6-7-11(18-2)13(20-4)12(10)19-3/h6-7H,5,8-9,15H2,1-4H3. The first-order chi connectivity index (χ1) is 9.60. The molecule has 0 atom stereocenters. The zero-order valence-electron chi connectivity index (χ0n) is 12.4. The highest BCUT2D eigenvalue weighted by Crippen LogP contribution is 2.40. The van der Waals surface area contributed by atoms with Crippen molar-refractivity contribution in [3.05, 3.63) is 17.7 Å². The van der Waals surface area contributed by atoms with Crippen molar-refractivity contribution in [1.29, 1.82) is 0 Å². The van der Waals surface area contributed by atoms with Crippen molar-refractivity contribution < 1.29 is 19.0 Å². The van der Waals surface area contributed by atoms with Gasteiger partial charge in [-0.3, -0.25) is 4.79 Å². The van der Waals surface area contributed by atoms with Crippen LogP contribution in [0.25, 0.3) is 0 Å². The molecule has 0 aliphatic heterocycles. The van der Waals surface area contributed by atoms with E-state index in [1.807, 2.05) is 0 Å². The van der Waals surface area contributed by atoms with Gasteiger partial charge in [-0.1, -0.05) is 0 Å². The van der Waals surface area contributed by atoms with Crippen molar-refractivity contribution in [2.45, 2.75) is 6.42 Å². The summed E-state index contributed by atoms with van der Waals surface area (Å²) in [4.78, 5) is 14.0. The Bertz CT molecular complexity index is 463. The van der Waals surface area contributed by atoms with Crippen LogP contribution < -0.4 is 19.9 Å². The van der Waals surface area contributed by atoms with Gasteiger partial charge < -0.3 is 24.8 Å². The molecule has 6 heteroatoms. The lowest BCUT2D eigenvalue weighted by Crippen LogP contribution is -2.29. The molecule has 0 saturated carbocycles. The van der Waals surface area contributed by atoms with Crippen LogP contribution >= 0.6 is 0 Å². The summed E-state index contributed by atoms with van der Waals surface area (Å²) in [5, 5.41) is 0. The van der Waals surface area contributed by atoms with E-state index in [0.29, 0.717) is 35.9 Å². The zero-order valence-corrected chi connectivity index (χ0v) is 12.4. The van der Waals surface area contributed by atoms with Gasteiger partial charge in [-0.05, 0) is 25.1 Å². The molecule has 0 unspecified atom stereocenters. The summed E-state index contributed by atoms with van der Waals surface area (Å²) < 4.78 is 15.8. The molecule has 6 nitrogen and oxygen atoms in total. The minimum absolute atomic E-state index is 0.142. The summed E-state index contributed by atoms with van der Waals surface area (Å²) in [6.45, 7) is 1.13. The van der Waals surface area contributed by atoms with Gasteiger partial charge in [-0.25, -0.2) is 0 Å². The first kappa shape index (κ1) is 16.1. The topological polar surface area (TPSA) is 74.0 Å². The molecule has 2 N–H and O–H groups in total. The van der Waals surface area contributed by atoms with Gasteiger partial charge in [0.15, 0.2) is 11.5 Å². The lowest BCUT2D eigenvalue weighted by atomic mass is 10.1. The highest BCUT2D eigenvalue weighted by molar-refractivity contribution is 5.98. The number of benzene rings is 1. The molecule has 20 heavy (non-hydrogen) atoms. The number of carbonyl (C=O) groups excluding carboxylic acids is 1. The summed E-state index contributed by atoms with van der Waals surface area (Å²) in [7, 11) is 6.26. The summed E-state index contributed by atoms with van der Waals surface area (Å²) in [6.07, 6.45) is 0.748. The molecule has 0 heterocycles. The van der Waals surface area contributed by atoms with Crippen LogP contribution in [0.3, 0.4) is 0 Å². The Labute approximate surface area is 119 Å². The fourth-order valence-electron chi connectivity index (χ4n) is 1.91. The number of hydrogen-bond acceptors (Lipinski definition) is 5. The van der Waals surface area contributed by atoms with Gasteiger partial charge >= 0.3 is 0 Å². The Morgan fingerprint density at radius 1 is 1.15 bits per heavy atom. The predicted octanol–water partition coefficient (Wildman–Crippen LogP) is 1.13. The maximum Gasteiger partial charge on any atom is 0.257 e. The van der Waals surface area contributed by atoms with Gasteiger partial charge in [0.05, 0.1) is 26.9 Å². The number of nitrogens with two attached hydrogens (primary N) is 1. The van der Waals surface area contributed by atoms with E-state index in [1.165, 1.54) is 21.3 Å². The Morgan fingerprint density at radius 2 is 1.80 bits per heavy atom. The first-order valence-electron chi connectivity index (χ1n) is 6.35. The molecule has 1 amide bonds. The second kappa shape index (κ2) is 7.59. The van der Waals surface area contributed by atoms with Gasteiger partial charge in [0.2, 0.25) is 5.75 Å². The van der Waals surface area contributed by atoms with Gasteiger partial charge in [0.1, 0.15) is 0 Å². The third-order valence-corrected chi connectivity index (χ3v) is 2.98. The van der Waals surface area contributed by atoms with Crippen molar-refractivity contribution in [2.75, 3.05) is 41.5 Å². The maximum atomic E-state index is 12.4. The Morgan fingerprint density at radius 3 is 2.30 bits per heavy atom. The van der Waals surface area contributed by atoms with Crippen LogP contribution in [0.5, 0.6) is 17.2 Å². The van der Waals surface area contributed by atoms with Crippen LogP contribution in [0.15, 0.2) is 12.1 Å². The highest BCUT2D eigenvalue weighted by Gasteiger charge is 2.22. The number of methoxy groups -OCH3 is 3. The summed E-state index contributed by atoms with van der Waals surface area (Å²) >= 11 is 0. The fourth-order valence-corrected chi connectivity index (χ4v) is 1.91. The van der Waals surface area contributed by atoms with Gasteiger partial charge in [0.25, 0.3) is 5.91 Å². The lowest BCUT2D eigenvalue weighted by Gasteiger charge is -2.20. The second-order valence-corrected chi connectivity index (χ2v) is 4.25. The van der Waals surface area contributed by atoms with Crippen molar-refractivity contribution in [1.82, 2.24) is 4.90 Å². The van der Waals surface area contributed by atoms with E-state index in [4.69, 9.17) is 19.9 Å². The van der Waals surface area contributed by atoms with E-state index in [0.717, 1.165) is 6.42 Å². The van der Waals surface area contributed by atoms with E-state index >= 15 is 0 Å². The molecule has 1 rings (SSSR count). The third kappa shape index (κ3) is 3.33. The zero-order chi connectivity index (χ0) is 15.1. The maximum absolute atomic E-state index is 12.4. The van der Waals surface area contributed by atoms with Crippen LogP contribution in [0.2, 0.25) is 0 Å². The molecule has 0 aliphatic carbocycles. The van der Waals surface area contributed by atoms with Crippen molar-refractivity contribution in [3.8, 4) is 17.2 Å². The molecule has 1 aromatic carbocycles. The molecule has 1 aromatic rings. The Balaban J connectivity index is 3.14. The molecule has 0 spiro atoms. The highest BCUT2D eigenvalue weighted by atomic mass is 16.5. The number of ether oxygens (including phenoxy) is 3. The van der Waals surface area contributed by atoms with Crippen molar-refractivity contribution in [3.63, 3.8) is 0 Å². The van der Waals surface area contributed by atoms with Crippen molar-refractivity contribution >= 4 is 5.91 Å². The van der Waals surface area contributed by atoms with Crippen LogP contribution in [0.4, 0.5) is 0 Å².